The van der Waals surface area contributed by atoms with E-state index < -0.39 is 0 Å². The lowest BCUT2D eigenvalue weighted by Crippen LogP contribution is -2.15. The number of aromatic nitrogens is 1. The number of hydrogen-bond donors (Lipinski definition) is 0. The van der Waals surface area contributed by atoms with Crippen LogP contribution < -0.4 is 4.90 Å². The van der Waals surface area contributed by atoms with Crippen molar-refractivity contribution in [2.75, 3.05) is 4.90 Å². The van der Waals surface area contributed by atoms with Crippen LogP contribution in [0.25, 0.3) is 83.5 Å². The molecule has 67 heavy (non-hydrogen) atoms. The van der Waals surface area contributed by atoms with Crippen LogP contribution in [0.4, 0.5) is 17.1 Å². The molecule has 11 aromatic rings. The maximum Gasteiger partial charge on any atom is 0.0619 e. The van der Waals surface area contributed by atoms with Crippen molar-refractivity contribution in [2.24, 2.45) is 0 Å². The van der Waals surface area contributed by atoms with Gasteiger partial charge in [0.2, 0.25) is 0 Å². The summed E-state index contributed by atoms with van der Waals surface area (Å²) in [6.45, 7) is 4.74. The topological polar surface area (TPSA) is 8.17 Å². The molecule has 0 radical (unpaired) electrons. The molecular formula is C65H48N2. The van der Waals surface area contributed by atoms with Crippen molar-refractivity contribution in [3.63, 3.8) is 0 Å². The predicted molar refractivity (Wildman–Crippen MR) is 283 cm³/mol. The highest BCUT2D eigenvalue weighted by Gasteiger charge is 2.37. The van der Waals surface area contributed by atoms with Gasteiger partial charge in [-0.1, -0.05) is 208 Å². The van der Waals surface area contributed by atoms with Crippen molar-refractivity contribution in [2.45, 2.75) is 19.3 Å². The zero-order valence-electron chi connectivity index (χ0n) is 37.6. The van der Waals surface area contributed by atoms with Gasteiger partial charge in [-0.3, -0.25) is 0 Å². The third kappa shape index (κ3) is 7.06. The minimum absolute atomic E-state index is 0.127. The zero-order chi connectivity index (χ0) is 44.9. The predicted octanol–water partition coefficient (Wildman–Crippen LogP) is 17.7. The Kier molecular flexibility index (Phi) is 9.88. The molecule has 318 valence electrons. The molecular weight excluding hydrogens is 809 g/mol. The van der Waals surface area contributed by atoms with Gasteiger partial charge in [-0.2, -0.15) is 0 Å². The molecule has 1 aliphatic carbocycles. The fourth-order valence-electron chi connectivity index (χ4n) is 10.4. The second-order valence-electron chi connectivity index (χ2n) is 18.1. The molecule has 0 aliphatic heterocycles. The van der Waals surface area contributed by atoms with E-state index in [0.717, 1.165) is 28.3 Å². The fraction of sp³-hybridized carbons (Fsp3) is 0.0462. The highest BCUT2D eigenvalue weighted by atomic mass is 15.1. The van der Waals surface area contributed by atoms with Crippen LogP contribution in [0.15, 0.2) is 255 Å². The van der Waals surface area contributed by atoms with Gasteiger partial charge in [-0.05, 0) is 127 Å². The normalized spacial score (nSPS) is 12.4. The van der Waals surface area contributed by atoms with Crippen molar-refractivity contribution in [1.82, 2.24) is 4.57 Å². The van der Waals surface area contributed by atoms with Gasteiger partial charge < -0.3 is 9.47 Å². The Labute approximate surface area is 393 Å². The third-order valence-corrected chi connectivity index (χ3v) is 13.8. The molecule has 1 heterocycles. The molecule has 0 fully saturated rings. The molecule has 0 bridgehead atoms. The molecule has 1 aliphatic rings. The maximum atomic E-state index is 2.50. The smallest absolute Gasteiger partial charge is 0.0619 e. The number of anilines is 3. The molecule has 0 atom stereocenters. The van der Waals surface area contributed by atoms with E-state index in [-0.39, 0.29) is 5.41 Å². The second kappa shape index (κ2) is 16.5. The molecule has 0 amide bonds. The Morgan fingerprint density at radius 2 is 0.716 bits per heavy atom. The minimum Gasteiger partial charge on any atom is -0.311 e. The lowest BCUT2D eigenvalue weighted by molar-refractivity contribution is 0.661. The lowest BCUT2D eigenvalue weighted by atomic mass is 9.82. The first-order valence-electron chi connectivity index (χ1n) is 23.3. The zero-order valence-corrected chi connectivity index (χ0v) is 37.6. The quantitative estimate of drug-likeness (QED) is 0.140. The molecule has 0 unspecified atom stereocenters. The largest absolute Gasteiger partial charge is 0.311 e. The van der Waals surface area contributed by atoms with Crippen LogP contribution >= 0.6 is 0 Å². The van der Waals surface area contributed by atoms with E-state index in [1.54, 1.807) is 0 Å². The minimum atomic E-state index is -0.127. The molecule has 0 saturated heterocycles. The van der Waals surface area contributed by atoms with Crippen molar-refractivity contribution >= 4 is 28.0 Å². The summed E-state index contributed by atoms with van der Waals surface area (Å²) < 4.78 is 2.50. The summed E-state index contributed by atoms with van der Waals surface area (Å²) >= 11 is 0. The van der Waals surface area contributed by atoms with Gasteiger partial charge in [0.05, 0.1) is 11.2 Å². The van der Waals surface area contributed by atoms with Crippen molar-refractivity contribution < 1.29 is 0 Å². The number of fused-ring (bicyclic) bond motifs is 4. The van der Waals surface area contributed by atoms with Crippen molar-refractivity contribution in [3.8, 4) is 72.6 Å². The van der Waals surface area contributed by atoms with E-state index in [1.807, 2.05) is 0 Å². The van der Waals surface area contributed by atoms with Crippen LogP contribution in [0.2, 0.25) is 0 Å². The van der Waals surface area contributed by atoms with E-state index in [4.69, 9.17) is 0 Å². The van der Waals surface area contributed by atoms with E-state index in [2.05, 4.69) is 278 Å². The second-order valence-corrected chi connectivity index (χ2v) is 18.1. The first-order chi connectivity index (χ1) is 33.0. The average molecular weight is 857 g/mol. The van der Waals surface area contributed by atoms with E-state index in [1.165, 1.54) is 83.4 Å². The number of rotatable bonds is 9. The first-order valence-corrected chi connectivity index (χ1v) is 23.3. The maximum absolute atomic E-state index is 2.50. The first kappa shape index (κ1) is 40.1. The van der Waals surface area contributed by atoms with Crippen LogP contribution in [0, 0.1) is 0 Å². The molecule has 0 saturated carbocycles. The third-order valence-electron chi connectivity index (χ3n) is 13.8. The highest BCUT2D eigenvalue weighted by molar-refractivity contribution is 6.08. The Bertz CT molecular complexity index is 3430. The van der Waals surface area contributed by atoms with Gasteiger partial charge in [-0.25, -0.2) is 0 Å². The molecule has 1 aromatic heterocycles. The van der Waals surface area contributed by atoms with Crippen LogP contribution in [-0.4, -0.2) is 4.57 Å². The lowest BCUT2D eigenvalue weighted by Gasteiger charge is -2.26. The van der Waals surface area contributed by atoms with Gasteiger partial charge >= 0.3 is 0 Å². The molecule has 10 aromatic carbocycles. The highest BCUT2D eigenvalue weighted by Crippen LogP contribution is 2.53. The van der Waals surface area contributed by atoms with Crippen LogP contribution in [-0.2, 0) is 5.41 Å². The molecule has 12 rings (SSSR count). The van der Waals surface area contributed by atoms with E-state index >= 15 is 0 Å². The number of nitrogens with zero attached hydrogens (tertiary/aromatic N) is 2. The number of hydrogen-bond acceptors (Lipinski definition) is 1. The average Bonchev–Trinajstić information content (AvgIpc) is 3.85. The van der Waals surface area contributed by atoms with Crippen LogP contribution in [0.3, 0.4) is 0 Å². The Balaban J connectivity index is 0.947. The summed E-state index contributed by atoms with van der Waals surface area (Å²) in [7, 11) is 0. The van der Waals surface area contributed by atoms with Crippen LogP contribution in [0.5, 0.6) is 0 Å². The Morgan fingerprint density at radius 3 is 1.19 bits per heavy atom. The van der Waals surface area contributed by atoms with Gasteiger partial charge in [-0.15, -0.1) is 0 Å². The van der Waals surface area contributed by atoms with E-state index in [0.29, 0.717) is 0 Å². The summed E-state index contributed by atoms with van der Waals surface area (Å²) in [5, 5.41) is 1.25. The number of benzene rings is 10. The summed E-state index contributed by atoms with van der Waals surface area (Å²) in [6.07, 6.45) is 0. The van der Waals surface area contributed by atoms with Crippen LogP contribution in [0.1, 0.15) is 25.0 Å². The monoisotopic (exact) mass is 856 g/mol. The van der Waals surface area contributed by atoms with Crippen molar-refractivity contribution in [1.29, 1.82) is 0 Å². The van der Waals surface area contributed by atoms with Gasteiger partial charge in [0, 0.05) is 39.1 Å². The summed E-state index contributed by atoms with van der Waals surface area (Å²) in [5.74, 6) is 0. The standard InChI is InChI=1S/C65H48N2/c1-65(2)60-26-16-15-25-57(60)58-43-59-62(44-61(58)65)67(64(52-23-13-6-14-24-52)63(59)51-21-11-5-12-22-51)56-41-33-50(34-42-56)49-31-39-55(40-32-49)66(53-35-27-47(28-36-53)45-17-7-3-8-18-45)54-37-29-48(30-38-54)46-19-9-4-10-20-46/h3-44H,1-2H3. The summed E-state index contributed by atoms with van der Waals surface area (Å²) in [6, 6.07) is 92.8. The molecule has 2 heteroatoms. The Hall–Kier alpha value is -8.46. The fourth-order valence-corrected chi connectivity index (χ4v) is 10.4. The summed E-state index contributed by atoms with van der Waals surface area (Å²) in [4.78, 5) is 2.35. The van der Waals surface area contributed by atoms with Gasteiger partial charge in [0.15, 0.2) is 0 Å². The van der Waals surface area contributed by atoms with Crippen molar-refractivity contribution in [3.05, 3.63) is 266 Å². The van der Waals surface area contributed by atoms with Gasteiger partial charge in [0.25, 0.3) is 0 Å². The SMILES string of the molecule is CC1(C)c2ccccc2-c2cc3c(-c4ccccc4)c(-c4ccccc4)n(-c4ccc(-c5ccc(N(c6ccc(-c7ccccc7)cc6)c6ccc(-c7ccccc7)cc6)cc5)cc4)c3cc21. The molecule has 0 N–H and O–H groups in total. The van der Waals surface area contributed by atoms with E-state index in [9.17, 15) is 0 Å². The molecule has 2 nitrogen and oxygen atoms in total. The molecule has 0 spiro atoms. The summed E-state index contributed by atoms with van der Waals surface area (Å²) in [5.41, 5.74) is 22.9. The van der Waals surface area contributed by atoms with Gasteiger partial charge in [0.1, 0.15) is 0 Å². The Morgan fingerprint density at radius 1 is 0.328 bits per heavy atom.